The molecule has 2 aromatic rings. The minimum absolute atomic E-state index is 0. The zero-order valence-electron chi connectivity index (χ0n) is 12.2. The molecule has 128 valence electrons. The van der Waals surface area contributed by atoms with E-state index in [4.69, 9.17) is 0 Å². The van der Waals surface area contributed by atoms with Crippen molar-refractivity contribution in [2.75, 3.05) is 26.2 Å². The lowest BCUT2D eigenvalue weighted by Crippen LogP contribution is -2.45. The molecule has 0 amide bonds. The van der Waals surface area contributed by atoms with Gasteiger partial charge in [0.25, 0.3) is 0 Å². The number of rotatable bonds is 3. The summed E-state index contributed by atoms with van der Waals surface area (Å²) in [4.78, 5) is 3.26. The van der Waals surface area contributed by atoms with Gasteiger partial charge in [0.05, 0.1) is 16.1 Å². The summed E-state index contributed by atoms with van der Waals surface area (Å²) >= 11 is 4.88. The van der Waals surface area contributed by atoms with E-state index in [1.54, 1.807) is 11.3 Å². The molecular weight excluding hydrogens is 426 g/mol. The molecular formula is C15H18BrCl2FN2OS. The maximum atomic E-state index is 14.4. The number of thiophene rings is 1. The number of hydrogen-bond acceptors (Lipinski definition) is 4. The van der Waals surface area contributed by atoms with Gasteiger partial charge in [0.15, 0.2) is 0 Å². The van der Waals surface area contributed by atoms with Gasteiger partial charge in [-0.15, -0.1) is 36.2 Å². The fourth-order valence-corrected chi connectivity index (χ4v) is 3.92. The third-order valence-electron chi connectivity index (χ3n) is 3.72. The summed E-state index contributed by atoms with van der Waals surface area (Å²) in [5.41, 5.74) is 0.355. The molecule has 0 aliphatic carbocycles. The van der Waals surface area contributed by atoms with E-state index in [2.05, 4.69) is 26.1 Å². The van der Waals surface area contributed by atoms with E-state index in [1.807, 2.05) is 17.5 Å². The van der Waals surface area contributed by atoms with Crippen LogP contribution in [-0.4, -0.2) is 36.2 Å². The van der Waals surface area contributed by atoms with Crippen molar-refractivity contribution in [2.24, 2.45) is 0 Å². The lowest BCUT2D eigenvalue weighted by molar-refractivity contribution is 0.194. The van der Waals surface area contributed by atoms with Crippen LogP contribution in [0.3, 0.4) is 0 Å². The van der Waals surface area contributed by atoms with Crippen LogP contribution in [0.1, 0.15) is 16.5 Å². The second-order valence-electron chi connectivity index (χ2n) is 5.00. The molecule has 3 nitrogen and oxygen atoms in total. The van der Waals surface area contributed by atoms with Crippen LogP contribution in [-0.2, 0) is 0 Å². The van der Waals surface area contributed by atoms with E-state index in [1.165, 1.54) is 12.1 Å². The summed E-state index contributed by atoms with van der Waals surface area (Å²) in [5.74, 6) is -0.375. The zero-order valence-corrected chi connectivity index (χ0v) is 16.2. The van der Waals surface area contributed by atoms with Crippen LogP contribution in [0.15, 0.2) is 34.1 Å². The summed E-state index contributed by atoms with van der Waals surface area (Å²) < 4.78 is 14.9. The van der Waals surface area contributed by atoms with E-state index < -0.39 is 0 Å². The molecule has 1 aromatic carbocycles. The van der Waals surface area contributed by atoms with Gasteiger partial charge >= 0.3 is 0 Å². The van der Waals surface area contributed by atoms with Gasteiger partial charge in [-0.1, -0.05) is 6.07 Å². The van der Waals surface area contributed by atoms with Crippen molar-refractivity contribution in [3.63, 3.8) is 0 Å². The summed E-state index contributed by atoms with van der Waals surface area (Å²) in [5, 5.41) is 15.6. The Labute approximate surface area is 159 Å². The van der Waals surface area contributed by atoms with Gasteiger partial charge in [-0.3, -0.25) is 4.90 Å². The molecule has 1 atom stereocenters. The third-order valence-corrected chi connectivity index (χ3v) is 5.28. The molecule has 0 spiro atoms. The Morgan fingerprint density at radius 2 is 1.91 bits per heavy atom. The van der Waals surface area contributed by atoms with Crippen LogP contribution >= 0.6 is 52.1 Å². The molecule has 23 heavy (non-hydrogen) atoms. The van der Waals surface area contributed by atoms with Crippen LogP contribution in [0.25, 0.3) is 0 Å². The first kappa shape index (κ1) is 20.7. The molecule has 8 heteroatoms. The predicted octanol–water partition coefficient (Wildman–Crippen LogP) is 4.19. The number of piperazine rings is 1. The van der Waals surface area contributed by atoms with Crippen molar-refractivity contribution in [2.45, 2.75) is 6.04 Å². The van der Waals surface area contributed by atoms with Crippen LogP contribution in [0, 0.1) is 5.82 Å². The number of phenolic OH excluding ortho intramolecular Hbond substituents is 1. The number of hydrogen-bond donors (Lipinski definition) is 2. The minimum Gasteiger partial charge on any atom is -0.506 e. The molecule has 3 rings (SSSR count). The fourth-order valence-electron chi connectivity index (χ4n) is 2.71. The predicted molar refractivity (Wildman–Crippen MR) is 101 cm³/mol. The number of nitrogens with one attached hydrogen (secondary N) is 1. The van der Waals surface area contributed by atoms with E-state index >= 15 is 0 Å². The Kier molecular flexibility index (Phi) is 8.27. The van der Waals surface area contributed by atoms with Crippen molar-refractivity contribution in [1.29, 1.82) is 0 Å². The summed E-state index contributed by atoms with van der Waals surface area (Å²) in [6.45, 7) is 3.40. The monoisotopic (exact) mass is 442 g/mol. The second-order valence-corrected chi connectivity index (χ2v) is 6.83. The zero-order chi connectivity index (χ0) is 14.8. The molecule has 1 saturated heterocycles. The Balaban J connectivity index is 0.00000132. The van der Waals surface area contributed by atoms with Gasteiger partial charge in [0, 0.05) is 31.1 Å². The van der Waals surface area contributed by atoms with Gasteiger partial charge in [-0.25, -0.2) is 4.39 Å². The second kappa shape index (κ2) is 9.20. The Morgan fingerprint density at radius 1 is 1.22 bits per heavy atom. The van der Waals surface area contributed by atoms with Crippen LogP contribution < -0.4 is 5.32 Å². The quantitative estimate of drug-likeness (QED) is 0.746. The van der Waals surface area contributed by atoms with Gasteiger partial charge in [0.2, 0.25) is 0 Å². The molecule has 2 N–H and O–H groups in total. The molecule has 0 radical (unpaired) electrons. The number of halogens is 4. The van der Waals surface area contributed by atoms with E-state index in [0.717, 1.165) is 31.1 Å². The molecule has 1 aliphatic rings. The van der Waals surface area contributed by atoms with Gasteiger partial charge in [0.1, 0.15) is 11.6 Å². The topological polar surface area (TPSA) is 35.5 Å². The normalized spacial score (nSPS) is 16.3. The number of benzene rings is 1. The average Bonchev–Trinajstić information content (AvgIpc) is 3.02. The highest BCUT2D eigenvalue weighted by molar-refractivity contribution is 9.10. The smallest absolute Gasteiger partial charge is 0.137 e. The first-order valence-corrected chi connectivity index (χ1v) is 8.51. The third kappa shape index (κ3) is 4.38. The standard InChI is InChI=1S/C15H16BrFN2OS.2ClH/c16-10-3-4-11(17)13(15(10)20)14(12-2-1-9-21-12)19-7-5-18-6-8-19;;/h1-4,9,14,18,20H,5-8H2;2*1H/t14-;;/m1../s1. The fraction of sp³-hybridized carbons (Fsp3) is 0.333. The molecule has 0 unspecified atom stereocenters. The summed E-state index contributed by atoms with van der Waals surface area (Å²) in [6, 6.07) is 6.66. The SMILES string of the molecule is Cl.Cl.Oc1c(Br)ccc(F)c1[C@@H](c1cccs1)N1CCNCC1. The Morgan fingerprint density at radius 3 is 2.52 bits per heavy atom. The van der Waals surface area contributed by atoms with Crippen LogP contribution in [0.4, 0.5) is 4.39 Å². The molecule has 0 bridgehead atoms. The molecule has 1 fully saturated rings. The van der Waals surface area contributed by atoms with Gasteiger partial charge in [-0.05, 0) is 39.5 Å². The average molecular weight is 444 g/mol. The van der Waals surface area contributed by atoms with Crippen molar-refractivity contribution in [1.82, 2.24) is 10.2 Å². The number of nitrogens with zero attached hydrogens (tertiary/aromatic N) is 1. The minimum atomic E-state index is -0.368. The molecule has 0 saturated carbocycles. The highest BCUT2D eigenvalue weighted by atomic mass is 79.9. The van der Waals surface area contributed by atoms with Crippen LogP contribution in [0.2, 0.25) is 0 Å². The Hall–Kier alpha value is -0.370. The maximum absolute atomic E-state index is 14.4. The largest absolute Gasteiger partial charge is 0.506 e. The first-order chi connectivity index (χ1) is 10.2. The Bertz CT molecular complexity index is 624. The number of aromatic hydroxyl groups is 1. The van der Waals surface area contributed by atoms with Crippen molar-refractivity contribution < 1.29 is 9.50 Å². The van der Waals surface area contributed by atoms with Crippen molar-refractivity contribution in [3.8, 4) is 5.75 Å². The molecule has 1 aliphatic heterocycles. The van der Waals surface area contributed by atoms with E-state index in [0.29, 0.717) is 10.0 Å². The molecule has 1 aromatic heterocycles. The highest BCUT2D eigenvalue weighted by Crippen LogP contribution is 2.41. The van der Waals surface area contributed by atoms with Crippen LogP contribution in [0.5, 0.6) is 5.75 Å². The summed E-state index contributed by atoms with van der Waals surface area (Å²) in [7, 11) is 0. The maximum Gasteiger partial charge on any atom is 0.137 e. The molecule has 2 heterocycles. The van der Waals surface area contributed by atoms with Gasteiger partial charge in [-0.2, -0.15) is 0 Å². The van der Waals surface area contributed by atoms with Gasteiger partial charge < -0.3 is 10.4 Å². The van der Waals surface area contributed by atoms with E-state index in [9.17, 15) is 9.50 Å². The van der Waals surface area contributed by atoms with Crippen molar-refractivity contribution in [3.05, 3.63) is 50.4 Å². The number of phenols is 1. The first-order valence-electron chi connectivity index (χ1n) is 6.83. The highest BCUT2D eigenvalue weighted by Gasteiger charge is 2.30. The lowest BCUT2D eigenvalue weighted by atomic mass is 10.0. The van der Waals surface area contributed by atoms with E-state index in [-0.39, 0.29) is 42.4 Å². The van der Waals surface area contributed by atoms with Crippen molar-refractivity contribution >= 4 is 52.1 Å². The summed E-state index contributed by atoms with van der Waals surface area (Å²) in [6.07, 6.45) is 0. The lowest BCUT2D eigenvalue weighted by Gasteiger charge is -2.35.